The lowest BCUT2D eigenvalue weighted by molar-refractivity contribution is 0.0724. The predicted molar refractivity (Wildman–Crippen MR) is 119 cm³/mol. The second kappa shape index (κ2) is 7.70. The number of allylic oxidation sites excluding steroid dienone is 2. The van der Waals surface area contributed by atoms with E-state index in [-0.39, 0.29) is 17.9 Å². The van der Waals surface area contributed by atoms with E-state index in [2.05, 4.69) is 29.6 Å². The van der Waals surface area contributed by atoms with E-state index in [1.54, 1.807) is 0 Å². The number of nitrogens with zero attached hydrogens (tertiary/aromatic N) is 1. The van der Waals surface area contributed by atoms with Crippen LogP contribution in [0.25, 0.3) is 0 Å². The number of hydrogen-bond donors (Lipinski definition) is 1. The van der Waals surface area contributed by atoms with Crippen LogP contribution in [-0.4, -0.2) is 23.9 Å². The Balaban J connectivity index is 1.48. The number of likely N-dealkylation sites (tertiary alicyclic amines) is 1. The molecule has 1 amide bonds. The normalized spacial score (nSPS) is 25.3. The Bertz CT molecular complexity index is 981. The van der Waals surface area contributed by atoms with Gasteiger partial charge in [-0.05, 0) is 73.1 Å². The Kier molecular flexibility index (Phi) is 5.05. The van der Waals surface area contributed by atoms with Crippen LogP contribution in [0, 0.1) is 5.92 Å². The van der Waals surface area contributed by atoms with Crippen molar-refractivity contribution < 1.29 is 4.79 Å². The third-order valence-electron chi connectivity index (χ3n) is 6.55. The molecule has 0 aromatic heterocycles. The summed E-state index contributed by atoms with van der Waals surface area (Å²) in [4.78, 5) is 15.0. The molecule has 5 heteroatoms. The molecule has 29 heavy (non-hydrogen) atoms. The lowest BCUT2D eigenvalue weighted by Crippen LogP contribution is -2.36. The van der Waals surface area contributed by atoms with Crippen LogP contribution in [0.4, 0.5) is 5.69 Å². The predicted octanol–water partition coefficient (Wildman–Crippen LogP) is 6.45. The Morgan fingerprint density at radius 3 is 2.62 bits per heavy atom. The van der Waals surface area contributed by atoms with Crippen molar-refractivity contribution in [1.82, 2.24) is 4.90 Å². The van der Waals surface area contributed by atoms with Gasteiger partial charge in [0.05, 0.1) is 6.04 Å². The summed E-state index contributed by atoms with van der Waals surface area (Å²) in [6.45, 7) is 1.74. The van der Waals surface area contributed by atoms with Crippen LogP contribution >= 0.6 is 23.2 Å². The van der Waals surface area contributed by atoms with Crippen molar-refractivity contribution in [3.63, 3.8) is 0 Å². The average Bonchev–Trinajstić information content (AvgIpc) is 3.23. The van der Waals surface area contributed by atoms with Crippen molar-refractivity contribution in [2.45, 2.75) is 37.6 Å². The molecule has 2 aliphatic heterocycles. The number of fused-ring (bicyclic) bond motifs is 3. The van der Waals surface area contributed by atoms with Crippen LogP contribution in [-0.2, 0) is 0 Å². The number of rotatable bonds is 2. The summed E-state index contributed by atoms with van der Waals surface area (Å²) in [7, 11) is 0. The summed E-state index contributed by atoms with van der Waals surface area (Å²) in [6, 6.07) is 12.0. The number of piperidine rings is 1. The third-order valence-corrected chi connectivity index (χ3v) is 7.11. The first kappa shape index (κ1) is 19.0. The van der Waals surface area contributed by atoms with Crippen LogP contribution in [0.5, 0.6) is 0 Å². The summed E-state index contributed by atoms with van der Waals surface area (Å²) in [5, 5.41) is 5.04. The van der Waals surface area contributed by atoms with Crippen molar-refractivity contribution in [2.75, 3.05) is 18.4 Å². The van der Waals surface area contributed by atoms with Crippen molar-refractivity contribution >= 4 is 34.8 Å². The van der Waals surface area contributed by atoms with Crippen LogP contribution in [0.1, 0.15) is 59.1 Å². The molecule has 1 N–H and O–H groups in total. The minimum absolute atomic E-state index is 0.121. The van der Waals surface area contributed by atoms with E-state index in [0.29, 0.717) is 16.0 Å². The van der Waals surface area contributed by atoms with E-state index in [4.69, 9.17) is 23.2 Å². The van der Waals surface area contributed by atoms with Crippen molar-refractivity contribution in [2.24, 2.45) is 5.92 Å². The maximum atomic E-state index is 13.0. The van der Waals surface area contributed by atoms with E-state index >= 15 is 0 Å². The lowest BCUT2D eigenvalue weighted by atomic mass is 9.76. The molecule has 1 saturated heterocycles. The fraction of sp³-hybridized carbons (Fsp3) is 0.375. The lowest BCUT2D eigenvalue weighted by Gasteiger charge is -2.38. The number of benzene rings is 2. The molecule has 0 radical (unpaired) electrons. The zero-order valence-corrected chi connectivity index (χ0v) is 17.7. The molecule has 3 nitrogen and oxygen atoms in total. The minimum atomic E-state index is 0.121. The second-order valence-corrected chi connectivity index (χ2v) is 9.14. The molecule has 3 atom stereocenters. The standard InChI is InChI=1S/C24H24Cl2N2O/c25-16-8-9-19(21(26)14-16)23-18-6-4-5-17(18)20-13-15(7-10-22(20)27-23)24(29)28-11-2-1-3-12-28/h4-5,7-10,13-14,17-18,23,27H,1-3,6,11-12H2/t17-,18+,23-/m0/s1. The number of anilines is 1. The Morgan fingerprint density at radius 1 is 1.00 bits per heavy atom. The zero-order chi connectivity index (χ0) is 20.0. The third kappa shape index (κ3) is 3.45. The monoisotopic (exact) mass is 426 g/mol. The molecule has 0 bridgehead atoms. The highest BCUT2D eigenvalue weighted by atomic mass is 35.5. The van der Waals surface area contributed by atoms with Gasteiger partial charge < -0.3 is 10.2 Å². The highest BCUT2D eigenvalue weighted by molar-refractivity contribution is 6.35. The number of halogens is 2. The fourth-order valence-electron chi connectivity index (χ4n) is 5.07. The average molecular weight is 427 g/mol. The molecule has 0 spiro atoms. The molecule has 2 aromatic carbocycles. The summed E-state index contributed by atoms with van der Waals surface area (Å²) in [6.07, 6.45) is 8.97. The van der Waals surface area contributed by atoms with Crippen molar-refractivity contribution in [3.8, 4) is 0 Å². The molecule has 150 valence electrons. The van der Waals surface area contributed by atoms with Gasteiger partial charge in [-0.2, -0.15) is 0 Å². The van der Waals surface area contributed by atoms with Gasteiger partial charge in [0, 0.05) is 40.3 Å². The second-order valence-electron chi connectivity index (χ2n) is 8.30. The number of carbonyl (C=O) groups excluding carboxylic acids is 1. The first-order valence-electron chi connectivity index (χ1n) is 10.4. The number of nitrogens with one attached hydrogen (secondary N) is 1. The molecule has 2 heterocycles. The molecule has 5 rings (SSSR count). The van der Waals surface area contributed by atoms with Gasteiger partial charge in [0.25, 0.3) is 5.91 Å². The van der Waals surface area contributed by atoms with Gasteiger partial charge in [-0.25, -0.2) is 0 Å². The van der Waals surface area contributed by atoms with Crippen LogP contribution in [0.15, 0.2) is 48.6 Å². The fourth-order valence-corrected chi connectivity index (χ4v) is 5.59. The maximum Gasteiger partial charge on any atom is 0.253 e. The van der Waals surface area contributed by atoms with Crippen LogP contribution in [0.2, 0.25) is 10.0 Å². The molecule has 0 unspecified atom stereocenters. The molecular formula is C24H24Cl2N2O. The van der Waals surface area contributed by atoms with Gasteiger partial charge in [-0.1, -0.05) is 41.4 Å². The molecule has 1 aliphatic carbocycles. The molecule has 3 aliphatic rings. The van der Waals surface area contributed by atoms with E-state index in [1.165, 1.54) is 12.0 Å². The van der Waals surface area contributed by atoms with Gasteiger partial charge in [0.15, 0.2) is 0 Å². The maximum absolute atomic E-state index is 13.0. The van der Waals surface area contributed by atoms with Gasteiger partial charge in [0.2, 0.25) is 0 Å². The molecular weight excluding hydrogens is 403 g/mol. The topological polar surface area (TPSA) is 32.3 Å². The number of hydrogen-bond acceptors (Lipinski definition) is 2. The summed E-state index contributed by atoms with van der Waals surface area (Å²) < 4.78 is 0. The van der Waals surface area contributed by atoms with Crippen LogP contribution in [0.3, 0.4) is 0 Å². The Labute approximate surface area is 181 Å². The first-order valence-corrected chi connectivity index (χ1v) is 11.2. The van der Waals surface area contributed by atoms with Gasteiger partial charge in [0.1, 0.15) is 0 Å². The Morgan fingerprint density at radius 2 is 1.83 bits per heavy atom. The van der Waals surface area contributed by atoms with E-state index in [9.17, 15) is 4.79 Å². The highest BCUT2D eigenvalue weighted by Crippen LogP contribution is 2.51. The van der Waals surface area contributed by atoms with Gasteiger partial charge in [-0.15, -0.1) is 0 Å². The highest BCUT2D eigenvalue weighted by Gasteiger charge is 2.39. The summed E-state index contributed by atoms with van der Waals surface area (Å²) in [5.41, 5.74) is 4.18. The van der Waals surface area contributed by atoms with Crippen molar-refractivity contribution in [3.05, 3.63) is 75.3 Å². The van der Waals surface area contributed by atoms with E-state index in [0.717, 1.165) is 49.2 Å². The SMILES string of the molecule is O=C(c1ccc2c(c1)[C@H]1C=CC[C@H]1[C@@H](c1ccc(Cl)cc1Cl)N2)N1CCCCC1. The number of amides is 1. The molecule has 2 aromatic rings. The zero-order valence-electron chi connectivity index (χ0n) is 16.2. The van der Waals surface area contributed by atoms with E-state index in [1.807, 2.05) is 29.2 Å². The summed E-state index contributed by atoms with van der Waals surface area (Å²) in [5.74, 6) is 0.826. The smallest absolute Gasteiger partial charge is 0.253 e. The Hall–Kier alpha value is -1.97. The summed E-state index contributed by atoms with van der Waals surface area (Å²) >= 11 is 12.6. The minimum Gasteiger partial charge on any atom is -0.378 e. The molecule has 1 fully saturated rings. The van der Waals surface area contributed by atoms with Crippen LogP contribution < -0.4 is 5.32 Å². The quantitative estimate of drug-likeness (QED) is 0.559. The first-order chi connectivity index (χ1) is 14.1. The van der Waals surface area contributed by atoms with Gasteiger partial charge >= 0.3 is 0 Å². The van der Waals surface area contributed by atoms with E-state index < -0.39 is 0 Å². The number of carbonyl (C=O) groups is 1. The largest absolute Gasteiger partial charge is 0.378 e. The van der Waals surface area contributed by atoms with Crippen molar-refractivity contribution in [1.29, 1.82) is 0 Å². The molecule has 0 saturated carbocycles. The van der Waals surface area contributed by atoms with Gasteiger partial charge in [-0.3, -0.25) is 4.79 Å².